The minimum Gasteiger partial charge on any atom is -0.398 e. The molecule has 1 aromatic carbocycles. The van der Waals surface area contributed by atoms with Crippen LogP contribution in [0, 0.1) is 0 Å². The highest BCUT2D eigenvalue weighted by Crippen LogP contribution is 2.35. The molecule has 1 aliphatic heterocycles. The molecule has 1 atom stereocenters. The molecule has 0 fully saturated rings. The summed E-state index contributed by atoms with van der Waals surface area (Å²) in [5.74, 6) is 0. The van der Waals surface area contributed by atoms with Crippen molar-refractivity contribution in [3.63, 3.8) is 0 Å². The predicted octanol–water partition coefficient (Wildman–Crippen LogP) is 3.35. The van der Waals surface area contributed by atoms with Crippen LogP contribution < -0.4 is 11.1 Å². The molecule has 0 saturated carbocycles. The number of rotatable bonds is 6. The molecular weight excluding hydrogens is 272 g/mol. The van der Waals surface area contributed by atoms with E-state index in [0.29, 0.717) is 0 Å². The molecule has 116 valence electrons. The summed E-state index contributed by atoms with van der Waals surface area (Å²) in [6, 6.07) is 5.88. The number of likely N-dealkylation sites (N-methyl/N-ethyl adjacent to an activating group) is 1. The zero-order valence-electron chi connectivity index (χ0n) is 13.4. The second kappa shape index (κ2) is 6.52. The molecule has 0 aromatic heterocycles. The molecule has 4 heteroatoms. The number of nitrogens with zero attached hydrogens (tertiary/aromatic N) is 2. The van der Waals surface area contributed by atoms with E-state index in [0.717, 1.165) is 46.8 Å². The Morgan fingerprint density at radius 1 is 1.50 bits per heavy atom. The number of hydrogen-bond donors (Lipinski definition) is 2. The van der Waals surface area contributed by atoms with Gasteiger partial charge in [0, 0.05) is 29.6 Å². The highest BCUT2D eigenvalue weighted by atomic mass is 15.5. The molecular formula is C18H24N4. The van der Waals surface area contributed by atoms with E-state index in [1.807, 2.05) is 43.3 Å². The number of hydrazone groups is 1. The van der Waals surface area contributed by atoms with Crippen LogP contribution in [0.3, 0.4) is 0 Å². The summed E-state index contributed by atoms with van der Waals surface area (Å²) in [5.41, 5.74) is 11.5. The van der Waals surface area contributed by atoms with E-state index in [2.05, 4.69) is 25.1 Å². The standard InChI is InChI=1S/C18H24N4/c1-6-7-11-17(13(3)20-5)22-14(4)18-15(12(2)21-22)9-8-10-16(18)19/h6,8-10,17,20H,1,3-4,7,11,19H2,2,5H3. The lowest BCUT2D eigenvalue weighted by atomic mass is 9.96. The van der Waals surface area contributed by atoms with Gasteiger partial charge >= 0.3 is 0 Å². The topological polar surface area (TPSA) is 53.6 Å². The summed E-state index contributed by atoms with van der Waals surface area (Å²) >= 11 is 0. The van der Waals surface area contributed by atoms with Gasteiger partial charge in [-0.1, -0.05) is 31.4 Å². The molecule has 0 spiro atoms. The molecule has 1 unspecified atom stereocenters. The Morgan fingerprint density at radius 2 is 2.23 bits per heavy atom. The summed E-state index contributed by atoms with van der Waals surface area (Å²) < 4.78 is 0. The highest BCUT2D eigenvalue weighted by Gasteiger charge is 2.28. The molecule has 0 bridgehead atoms. The maximum Gasteiger partial charge on any atom is 0.0917 e. The van der Waals surface area contributed by atoms with Gasteiger partial charge in [0.2, 0.25) is 0 Å². The Bertz CT molecular complexity index is 642. The van der Waals surface area contributed by atoms with E-state index in [9.17, 15) is 0 Å². The fraction of sp³-hybridized carbons (Fsp3) is 0.278. The Morgan fingerprint density at radius 3 is 2.86 bits per heavy atom. The normalized spacial score (nSPS) is 14.9. The molecule has 1 aliphatic rings. The molecule has 1 aromatic rings. The van der Waals surface area contributed by atoms with Gasteiger partial charge < -0.3 is 11.1 Å². The van der Waals surface area contributed by atoms with Gasteiger partial charge in [-0.15, -0.1) is 6.58 Å². The van der Waals surface area contributed by atoms with E-state index in [-0.39, 0.29) is 6.04 Å². The summed E-state index contributed by atoms with van der Waals surface area (Å²) in [7, 11) is 1.87. The molecule has 0 saturated heterocycles. The monoisotopic (exact) mass is 296 g/mol. The van der Waals surface area contributed by atoms with E-state index in [4.69, 9.17) is 10.8 Å². The number of anilines is 1. The molecule has 22 heavy (non-hydrogen) atoms. The van der Waals surface area contributed by atoms with Crippen molar-refractivity contribution in [1.82, 2.24) is 10.3 Å². The Hall–Kier alpha value is -2.49. The number of nitrogen functional groups attached to an aromatic ring is 1. The first-order valence-corrected chi connectivity index (χ1v) is 7.41. The van der Waals surface area contributed by atoms with Gasteiger partial charge in [-0.05, 0) is 25.8 Å². The largest absolute Gasteiger partial charge is 0.398 e. The van der Waals surface area contributed by atoms with Crippen molar-refractivity contribution in [2.75, 3.05) is 12.8 Å². The van der Waals surface area contributed by atoms with Crippen LogP contribution in [-0.4, -0.2) is 23.8 Å². The predicted molar refractivity (Wildman–Crippen MR) is 95.4 cm³/mol. The van der Waals surface area contributed by atoms with Crippen molar-refractivity contribution in [2.24, 2.45) is 5.10 Å². The molecule has 0 radical (unpaired) electrons. The van der Waals surface area contributed by atoms with Crippen molar-refractivity contribution >= 4 is 17.1 Å². The van der Waals surface area contributed by atoms with E-state index >= 15 is 0 Å². The molecule has 2 rings (SSSR count). The smallest absolute Gasteiger partial charge is 0.0917 e. The Labute approximate surface area is 132 Å². The number of nitrogens with two attached hydrogens (primary N) is 1. The first-order chi connectivity index (χ1) is 10.5. The summed E-state index contributed by atoms with van der Waals surface area (Å²) in [4.78, 5) is 0. The lowest BCUT2D eigenvalue weighted by molar-refractivity contribution is 0.318. The average Bonchev–Trinajstić information content (AvgIpc) is 2.51. The van der Waals surface area contributed by atoms with Crippen LogP contribution in [0.4, 0.5) is 5.69 Å². The number of allylic oxidation sites excluding steroid dienone is 1. The van der Waals surface area contributed by atoms with Crippen molar-refractivity contribution in [1.29, 1.82) is 0 Å². The van der Waals surface area contributed by atoms with E-state index in [1.54, 1.807) is 0 Å². The third-order valence-electron chi connectivity index (χ3n) is 3.97. The van der Waals surface area contributed by atoms with Gasteiger partial charge in [-0.2, -0.15) is 5.10 Å². The van der Waals surface area contributed by atoms with Gasteiger partial charge in [0.15, 0.2) is 0 Å². The fourth-order valence-electron chi connectivity index (χ4n) is 2.73. The van der Waals surface area contributed by atoms with Crippen LogP contribution in [0.5, 0.6) is 0 Å². The lowest BCUT2D eigenvalue weighted by Gasteiger charge is -2.36. The third-order valence-corrected chi connectivity index (χ3v) is 3.97. The Balaban J connectivity index is 2.46. The van der Waals surface area contributed by atoms with Gasteiger partial charge in [0.25, 0.3) is 0 Å². The number of fused-ring (bicyclic) bond motifs is 1. The first kappa shape index (κ1) is 15.9. The zero-order chi connectivity index (χ0) is 16.3. The first-order valence-electron chi connectivity index (χ1n) is 7.41. The van der Waals surface area contributed by atoms with Gasteiger partial charge in [-0.25, -0.2) is 0 Å². The summed E-state index contributed by atoms with van der Waals surface area (Å²) in [6.45, 7) is 14.1. The van der Waals surface area contributed by atoms with Crippen LogP contribution in [0.2, 0.25) is 0 Å². The quantitative estimate of drug-likeness (QED) is 0.625. The van der Waals surface area contributed by atoms with Crippen LogP contribution >= 0.6 is 0 Å². The van der Waals surface area contributed by atoms with Crippen molar-refractivity contribution in [3.8, 4) is 0 Å². The van der Waals surface area contributed by atoms with E-state index < -0.39 is 0 Å². The molecule has 4 nitrogen and oxygen atoms in total. The molecule has 0 amide bonds. The van der Waals surface area contributed by atoms with E-state index in [1.165, 1.54) is 0 Å². The van der Waals surface area contributed by atoms with Crippen LogP contribution in [0.25, 0.3) is 5.70 Å². The minimum absolute atomic E-state index is 0.0122. The van der Waals surface area contributed by atoms with Crippen LogP contribution in [0.1, 0.15) is 30.9 Å². The molecule has 1 heterocycles. The zero-order valence-corrected chi connectivity index (χ0v) is 13.4. The van der Waals surface area contributed by atoms with Gasteiger partial charge in [-0.3, -0.25) is 5.01 Å². The second-order valence-corrected chi connectivity index (χ2v) is 5.40. The maximum atomic E-state index is 6.17. The highest BCUT2D eigenvalue weighted by molar-refractivity contribution is 6.06. The minimum atomic E-state index is 0.0122. The third kappa shape index (κ3) is 2.77. The van der Waals surface area contributed by atoms with Crippen molar-refractivity contribution in [2.45, 2.75) is 25.8 Å². The number of hydrogen-bond acceptors (Lipinski definition) is 4. The Kier molecular flexibility index (Phi) is 4.71. The van der Waals surface area contributed by atoms with Crippen molar-refractivity contribution < 1.29 is 0 Å². The number of benzene rings is 1. The maximum absolute atomic E-state index is 6.17. The second-order valence-electron chi connectivity index (χ2n) is 5.40. The van der Waals surface area contributed by atoms with Crippen LogP contribution in [-0.2, 0) is 0 Å². The molecule has 3 N–H and O–H groups in total. The van der Waals surface area contributed by atoms with Gasteiger partial charge in [0.05, 0.1) is 17.5 Å². The van der Waals surface area contributed by atoms with Crippen LogP contribution in [0.15, 0.2) is 54.8 Å². The SMILES string of the molecule is C=CCCC(C(=C)NC)N1N=C(C)c2cccc(N)c2C1=C. The summed E-state index contributed by atoms with van der Waals surface area (Å²) in [6.07, 6.45) is 3.64. The number of nitrogens with one attached hydrogen (secondary N) is 1. The lowest BCUT2D eigenvalue weighted by Crippen LogP contribution is -2.37. The molecule has 0 aliphatic carbocycles. The average molecular weight is 296 g/mol. The van der Waals surface area contributed by atoms with Crippen molar-refractivity contribution in [3.05, 3.63) is 60.8 Å². The fourth-order valence-corrected chi connectivity index (χ4v) is 2.73. The summed E-state index contributed by atoms with van der Waals surface area (Å²) in [5, 5.41) is 9.79. The van der Waals surface area contributed by atoms with Gasteiger partial charge in [0.1, 0.15) is 0 Å².